The van der Waals surface area contributed by atoms with Crippen molar-refractivity contribution in [2.75, 3.05) is 13.7 Å². The van der Waals surface area contributed by atoms with E-state index >= 15 is 0 Å². The maximum Gasteiger partial charge on any atom is 0.118 e. The van der Waals surface area contributed by atoms with Gasteiger partial charge in [-0.3, -0.25) is 0 Å². The smallest absolute Gasteiger partial charge is 0.118 e. The molecule has 0 saturated heterocycles. The molecule has 1 aromatic carbocycles. The molecule has 3 rings (SSSR count). The van der Waals surface area contributed by atoms with Crippen LogP contribution in [0.1, 0.15) is 50.0 Å². The average Bonchev–Trinajstić information content (AvgIpc) is 2.85. The van der Waals surface area contributed by atoms with Crippen LogP contribution in [0.5, 0.6) is 5.75 Å². The van der Waals surface area contributed by atoms with E-state index in [1.54, 1.807) is 7.11 Å². The minimum absolute atomic E-state index is 0.425. The second kappa shape index (κ2) is 5.74. The standard InChI is InChI=1S/C17H25NO2/c1-20-16-6-4-13(5-7-16)14-10-15(11-14)18-12-17(19)8-2-3-9-17/h4-7,14-15,18-19H,2-3,8-12H2,1H3. The lowest BCUT2D eigenvalue weighted by Gasteiger charge is -2.38. The lowest BCUT2D eigenvalue weighted by Crippen LogP contribution is -2.47. The van der Waals surface area contributed by atoms with E-state index < -0.39 is 5.60 Å². The van der Waals surface area contributed by atoms with E-state index in [0.717, 1.165) is 25.1 Å². The van der Waals surface area contributed by atoms with Crippen molar-refractivity contribution in [1.29, 1.82) is 0 Å². The average molecular weight is 275 g/mol. The Labute approximate surface area is 121 Å². The molecule has 2 aliphatic carbocycles. The van der Waals surface area contributed by atoms with Crippen molar-refractivity contribution >= 4 is 0 Å². The predicted octanol–water partition coefficient (Wildman–Crippen LogP) is 2.84. The number of benzene rings is 1. The summed E-state index contributed by atoms with van der Waals surface area (Å²) in [5.74, 6) is 1.59. The quantitative estimate of drug-likeness (QED) is 0.868. The molecule has 0 radical (unpaired) electrons. The van der Waals surface area contributed by atoms with Gasteiger partial charge in [-0.15, -0.1) is 0 Å². The molecule has 0 spiro atoms. The fraction of sp³-hybridized carbons (Fsp3) is 0.647. The molecule has 3 nitrogen and oxygen atoms in total. The lowest BCUT2D eigenvalue weighted by atomic mass is 9.75. The summed E-state index contributed by atoms with van der Waals surface area (Å²) in [6.07, 6.45) is 6.66. The molecular weight excluding hydrogens is 250 g/mol. The molecule has 2 saturated carbocycles. The minimum Gasteiger partial charge on any atom is -0.497 e. The normalized spacial score (nSPS) is 28.1. The topological polar surface area (TPSA) is 41.5 Å². The van der Waals surface area contributed by atoms with Crippen LogP contribution < -0.4 is 10.1 Å². The maximum atomic E-state index is 10.3. The number of ether oxygens (including phenoxy) is 1. The van der Waals surface area contributed by atoms with Crippen LogP contribution in [0.3, 0.4) is 0 Å². The summed E-state index contributed by atoms with van der Waals surface area (Å²) in [7, 11) is 1.70. The van der Waals surface area contributed by atoms with Gasteiger partial charge in [0.05, 0.1) is 12.7 Å². The zero-order valence-corrected chi connectivity index (χ0v) is 12.3. The van der Waals surface area contributed by atoms with Gasteiger partial charge in [0.25, 0.3) is 0 Å². The molecule has 2 fully saturated rings. The predicted molar refractivity (Wildman–Crippen MR) is 80.2 cm³/mol. The van der Waals surface area contributed by atoms with Gasteiger partial charge in [-0.2, -0.15) is 0 Å². The Morgan fingerprint density at radius 3 is 2.45 bits per heavy atom. The molecule has 0 amide bonds. The largest absolute Gasteiger partial charge is 0.497 e. The van der Waals surface area contributed by atoms with Crippen molar-refractivity contribution in [3.63, 3.8) is 0 Å². The zero-order valence-electron chi connectivity index (χ0n) is 12.3. The monoisotopic (exact) mass is 275 g/mol. The summed E-state index contributed by atoms with van der Waals surface area (Å²) in [4.78, 5) is 0. The molecule has 20 heavy (non-hydrogen) atoms. The van der Waals surface area contributed by atoms with E-state index in [0.29, 0.717) is 12.0 Å². The third kappa shape index (κ3) is 2.99. The molecule has 110 valence electrons. The molecule has 1 aromatic rings. The van der Waals surface area contributed by atoms with Gasteiger partial charge in [0.2, 0.25) is 0 Å². The van der Waals surface area contributed by atoms with Crippen LogP contribution in [0, 0.1) is 0 Å². The van der Waals surface area contributed by atoms with Crippen LogP contribution in [0.25, 0.3) is 0 Å². The van der Waals surface area contributed by atoms with E-state index in [9.17, 15) is 5.11 Å². The Morgan fingerprint density at radius 1 is 1.20 bits per heavy atom. The molecular formula is C17H25NO2. The number of rotatable bonds is 5. The molecule has 3 heteroatoms. The van der Waals surface area contributed by atoms with Gasteiger partial charge >= 0.3 is 0 Å². The molecule has 0 aromatic heterocycles. The van der Waals surface area contributed by atoms with Crippen molar-refractivity contribution in [2.24, 2.45) is 0 Å². The van der Waals surface area contributed by atoms with E-state index in [1.165, 1.54) is 31.2 Å². The summed E-state index contributed by atoms with van der Waals surface area (Å²) in [5, 5.41) is 13.9. The molecule has 2 N–H and O–H groups in total. The highest BCUT2D eigenvalue weighted by atomic mass is 16.5. The number of methoxy groups -OCH3 is 1. The second-order valence-electron chi connectivity index (χ2n) is 6.45. The van der Waals surface area contributed by atoms with Crippen molar-refractivity contribution in [3.05, 3.63) is 29.8 Å². The first-order chi connectivity index (χ1) is 9.68. The summed E-state index contributed by atoms with van der Waals surface area (Å²) in [6.45, 7) is 0.771. The first kappa shape index (κ1) is 13.9. The van der Waals surface area contributed by atoms with Crippen molar-refractivity contribution in [2.45, 2.75) is 56.1 Å². The lowest BCUT2D eigenvalue weighted by molar-refractivity contribution is 0.0405. The zero-order chi connectivity index (χ0) is 14.0. The summed E-state index contributed by atoms with van der Waals surface area (Å²) >= 11 is 0. The SMILES string of the molecule is COc1ccc(C2CC(NCC3(O)CCCC3)C2)cc1. The third-order valence-corrected chi connectivity index (χ3v) is 4.98. The van der Waals surface area contributed by atoms with Crippen molar-refractivity contribution < 1.29 is 9.84 Å². The molecule has 0 unspecified atom stereocenters. The van der Waals surface area contributed by atoms with Crippen molar-refractivity contribution in [1.82, 2.24) is 5.32 Å². The summed E-state index contributed by atoms with van der Waals surface area (Å²) in [6, 6.07) is 9.00. The van der Waals surface area contributed by atoms with Gasteiger partial charge in [0.15, 0.2) is 0 Å². The number of hydrogen-bond donors (Lipinski definition) is 2. The Morgan fingerprint density at radius 2 is 1.85 bits per heavy atom. The third-order valence-electron chi connectivity index (χ3n) is 4.98. The van der Waals surface area contributed by atoms with E-state index in [4.69, 9.17) is 4.74 Å². The Balaban J connectivity index is 1.44. The fourth-order valence-electron chi connectivity index (χ4n) is 3.48. The summed E-state index contributed by atoms with van der Waals surface area (Å²) < 4.78 is 5.19. The fourth-order valence-corrected chi connectivity index (χ4v) is 3.48. The number of aliphatic hydroxyl groups is 1. The van der Waals surface area contributed by atoms with Crippen molar-refractivity contribution in [3.8, 4) is 5.75 Å². The van der Waals surface area contributed by atoms with Crippen LogP contribution in [-0.2, 0) is 0 Å². The van der Waals surface area contributed by atoms with Gasteiger partial charge in [-0.1, -0.05) is 25.0 Å². The number of nitrogens with one attached hydrogen (secondary N) is 1. The first-order valence-electron chi connectivity index (χ1n) is 7.78. The molecule has 0 heterocycles. The molecule has 2 aliphatic rings. The van der Waals surface area contributed by atoms with Crippen LogP contribution >= 0.6 is 0 Å². The van der Waals surface area contributed by atoms with Gasteiger partial charge in [-0.05, 0) is 49.3 Å². The Hall–Kier alpha value is -1.06. The highest BCUT2D eigenvalue weighted by Gasteiger charge is 2.35. The molecule has 0 atom stereocenters. The van der Waals surface area contributed by atoms with Gasteiger partial charge in [0, 0.05) is 12.6 Å². The number of hydrogen-bond acceptors (Lipinski definition) is 3. The van der Waals surface area contributed by atoms with Gasteiger partial charge < -0.3 is 15.2 Å². The van der Waals surface area contributed by atoms with Crippen LogP contribution in [-0.4, -0.2) is 30.4 Å². The summed E-state index contributed by atoms with van der Waals surface area (Å²) in [5.41, 5.74) is 0.981. The van der Waals surface area contributed by atoms with Crippen LogP contribution in [0.15, 0.2) is 24.3 Å². The minimum atomic E-state index is -0.425. The van der Waals surface area contributed by atoms with Gasteiger partial charge in [-0.25, -0.2) is 0 Å². The van der Waals surface area contributed by atoms with E-state index in [2.05, 4.69) is 17.4 Å². The van der Waals surface area contributed by atoms with E-state index in [-0.39, 0.29) is 0 Å². The maximum absolute atomic E-state index is 10.3. The first-order valence-corrected chi connectivity index (χ1v) is 7.78. The highest BCUT2D eigenvalue weighted by Crippen LogP contribution is 2.38. The second-order valence-corrected chi connectivity index (χ2v) is 6.45. The Kier molecular flexibility index (Phi) is 3.99. The van der Waals surface area contributed by atoms with Crippen LogP contribution in [0.4, 0.5) is 0 Å². The Bertz CT molecular complexity index is 431. The molecule has 0 aliphatic heterocycles. The van der Waals surface area contributed by atoms with Crippen LogP contribution in [0.2, 0.25) is 0 Å². The highest BCUT2D eigenvalue weighted by molar-refractivity contribution is 5.30. The van der Waals surface area contributed by atoms with Gasteiger partial charge in [0.1, 0.15) is 5.75 Å². The molecule has 0 bridgehead atoms. The van der Waals surface area contributed by atoms with E-state index in [1.807, 2.05) is 12.1 Å².